The number of rotatable bonds is 8. The highest BCUT2D eigenvalue weighted by molar-refractivity contribution is 5.89. The molecule has 2 aromatic carbocycles. The zero-order chi connectivity index (χ0) is 18.4. The second-order valence-electron chi connectivity index (χ2n) is 5.93. The number of fused-ring (bicyclic) bond motifs is 1. The Labute approximate surface area is 151 Å². The molecule has 0 bridgehead atoms. The quantitative estimate of drug-likeness (QED) is 0.668. The van der Waals surface area contributed by atoms with E-state index in [4.69, 9.17) is 9.26 Å². The van der Waals surface area contributed by atoms with E-state index in [9.17, 15) is 4.79 Å². The smallest absolute Gasteiger partial charge is 0.292 e. The Kier molecular flexibility index (Phi) is 5.93. The summed E-state index contributed by atoms with van der Waals surface area (Å²) < 4.78 is 10.4. The molecule has 3 aromatic rings. The predicted molar refractivity (Wildman–Crippen MR) is 97.6 cm³/mol. The second kappa shape index (κ2) is 8.55. The highest BCUT2D eigenvalue weighted by Crippen LogP contribution is 2.20. The van der Waals surface area contributed by atoms with E-state index < -0.39 is 0 Å². The lowest BCUT2D eigenvalue weighted by molar-refractivity contribution is 0.0950. The molecule has 0 aliphatic heterocycles. The number of hydrogen-bond donors (Lipinski definition) is 1. The zero-order valence-electron chi connectivity index (χ0n) is 14.9. The van der Waals surface area contributed by atoms with E-state index in [-0.39, 0.29) is 11.7 Å². The van der Waals surface area contributed by atoms with Crippen LogP contribution in [-0.4, -0.2) is 48.3 Å². The van der Waals surface area contributed by atoms with Crippen molar-refractivity contribution in [3.05, 3.63) is 59.7 Å². The molecule has 3 rings (SSSR count). The van der Waals surface area contributed by atoms with Crippen LogP contribution in [-0.2, 0) is 17.8 Å². The summed E-state index contributed by atoms with van der Waals surface area (Å²) in [6.45, 7) is 2.44. The molecule has 0 saturated heterocycles. The summed E-state index contributed by atoms with van der Waals surface area (Å²) in [5.74, 6) is 0.0804. The molecule has 26 heavy (non-hydrogen) atoms. The Morgan fingerprint density at radius 2 is 2.00 bits per heavy atom. The normalized spacial score (nSPS) is 11.2. The molecule has 1 amide bonds. The lowest BCUT2D eigenvalue weighted by atomic mass is 10.0. The lowest BCUT2D eigenvalue weighted by Gasteiger charge is -2.21. The van der Waals surface area contributed by atoms with Gasteiger partial charge in [0.25, 0.3) is 11.7 Å². The monoisotopic (exact) mass is 354 g/mol. The van der Waals surface area contributed by atoms with Gasteiger partial charge >= 0.3 is 0 Å². The molecule has 0 unspecified atom stereocenters. The Balaban J connectivity index is 1.79. The molecule has 7 heteroatoms. The van der Waals surface area contributed by atoms with E-state index in [1.54, 1.807) is 7.11 Å². The van der Waals surface area contributed by atoms with Crippen molar-refractivity contribution >= 4 is 16.7 Å². The summed E-state index contributed by atoms with van der Waals surface area (Å²) in [7, 11) is 3.20. The highest BCUT2D eigenvalue weighted by Gasteiger charge is 2.16. The maximum Gasteiger partial charge on any atom is 0.292 e. The zero-order valence-corrected chi connectivity index (χ0v) is 14.9. The van der Waals surface area contributed by atoms with Gasteiger partial charge in [-0.25, -0.2) is 0 Å². The van der Waals surface area contributed by atoms with Crippen LogP contribution in [0.25, 0.3) is 10.8 Å². The average Bonchev–Trinajstić information content (AvgIpc) is 3.14. The summed E-state index contributed by atoms with van der Waals surface area (Å²) in [6.07, 6.45) is 0. The number of methoxy groups -OCH3 is 1. The van der Waals surface area contributed by atoms with Crippen LogP contribution < -0.4 is 5.32 Å². The van der Waals surface area contributed by atoms with E-state index >= 15 is 0 Å². The molecule has 1 N–H and O–H groups in total. The van der Waals surface area contributed by atoms with Gasteiger partial charge in [-0.2, -0.15) is 4.98 Å². The second-order valence-corrected chi connectivity index (χ2v) is 5.93. The van der Waals surface area contributed by atoms with Crippen molar-refractivity contribution in [1.82, 2.24) is 20.4 Å². The molecule has 0 fully saturated rings. The van der Waals surface area contributed by atoms with Gasteiger partial charge < -0.3 is 14.6 Å². The third-order valence-corrected chi connectivity index (χ3v) is 4.14. The highest BCUT2D eigenvalue weighted by atomic mass is 16.5. The van der Waals surface area contributed by atoms with E-state index in [1.165, 1.54) is 23.4 Å². The molecule has 0 spiro atoms. The van der Waals surface area contributed by atoms with Crippen molar-refractivity contribution in [3.63, 3.8) is 0 Å². The topological polar surface area (TPSA) is 80.5 Å². The third-order valence-electron chi connectivity index (χ3n) is 4.14. The SMILES string of the molecule is CNC(=O)c1noc(CN(CCOC)Cc2cccc3ccccc23)n1. The van der Waals surface area contributed by atoms with Crippen molar-refractivity contribution in [2.24, 2.45) is 0 Å². The maximum absolute atomic E-state index is 11.6. The largest absolute Gasteiger partial charge is 0.383 e. The summed E-state index contributed by atoms with van der Waals surface area (Å²) in [4.78, 5) is 17.9. The van der Waals surface area contributed by atoms with Gasteiger partial charge in [0.1, 0.15) is 0 Å². The minimum Gasteiger partial charge on any atom is -0.383 e. The van der Waals surface area contributed by atoms with E-state index in [0.29, 0.717) is 32.1 Å². The first-order valence-corrected chi connectivity index (χ1v) is 8.44. The minimum absolute atomic E-state index is 0.0411. The molecule has 136 valence electrons. The van der Waals surface area contributed by atoms with Crippen LogP contribution in [0.5, 0.6) is 0 Å². The summed E-state index contributed by atoms with van der Waals surface area (Å²) >= 11 is 0. The van der Waals surface area contributed by atoms with Gasteiger partial charge in [-0.05, 0) is 16.3 Å². The molecular weight excluding hydrogens is 332 g/mol. The van der Waals surface area contributed by atoms with Crippen molar-refractivity contribution in [1.29, 1.82) is 0 Å². The fraction of sp³-hybridized carbons (Fsp3) is 0.316. The van der Waals surface area contributed by atoms with Crippen LogP contribution in [0.4, 0.5) is 0 Å². The van der Waals surface area contributed by atoms with Crippen molar-refractivity contribution in [2.45, 2.75) is 13.1 Å². The van der Waals surface area contributed by atoms with Crippen LogP contribution in [0, 0.1) is 0 Å². The maximum atomic E-state index is 11.6. The summed E-state index contributed by atoms with van der Waals surface area (Å²) in [6, 6.07) is 14.6. The molecular formula is C19H22N4O3. The molecule has 0 saturated carbocycles. The number of hydrogen-bond acceptors (Lipinski definition) is 6. The van der Waals surface area contributed by atoms with Gasteiger partial charge in [0.2, 0.25) is 5.89 Å². The first-order chi connectivity index (χ1) is 12.7. The van der Waals surface area contributed by atoms with E-state index in [0.717, 1.165) is 0 Å². The van der Waals surface area contributed by atoms with E-state index in [1.807, 2.05) is 12.1 Å². The molecule has 7 nitrogen and oxygen atoms in total. The van der Waals surface area contributed by atoms with Crippen molar-refractivity contribution in [2.75, 3.05) is 27.3 Å². The molecule has 0 atom stereocenters. The number of ether oxygens (including phenoxy) is 1. The molecule has 1 heterocycles. The molecule has 1 aromatic heterocycles. The Morgan fingerprint density at radius 3 is 2.81 bits per heavy atom. The number of nitrogens with zero attached hydrogens (tertiary/aromatic N) is 3. The minimum atomic E-state index is -0.363. The van der Waals surface area contributed by atoms with Gasteiger partial charge in [0, 0.05) is 27.2 Å². The van der Waals surface area contributed by atoms with Crippen LogP contribution >= 0.6 is 0 Å². The molecule has 0 radical (unpaired) electrons. The number of nitrogens with one attached hydrogen (secondary N) is 1. The van der Waals surface area contributed by atoms with Crippen LogP contribution in [0.1, 0.15) is 22.1 Å². The number of amides is 1. The Bertz CT molecular complexity index is 873. The van der Waals surface area contributed by atoms with Crippen molar-refractivity contribution in [3.8, 4) is 0 Å². The van der Waals surface area contributed by atoms with Crippen LogP contribution in [0.3, 0.4) is 0 Å². The van der Waals surface area contributed by atoms with E-state index in [2.05, 4.69) is 50.7 Å². The summed E-state index contributed by atoms with van der Waals surface area (Å²) in [5, 5.41) is 8.63. The lowest BCUT2D eigenvalue weighted by Crippen LogP contribution is -2.27. The molecule has 0 aliphatic carbocycles. The Hall–Kier alpha value is -2.77. The Morgan fingerprint density at radius 1 is 1.19 bits per heavy atom. The van der Waals surface area contributed by atoms with Crippen LogP contribution in [0.15, 0.2) is 47.0 Å². The number of carbonyl (C=O) groups is 1. The number of benzene rings is 2. The third kappa shape index (κ3) is 4.25. The molecule has 0 aliphatic rings. The predicted octanol–water partition coefficient (Wildman–Crippen LogP) is 2.23. The van der Waals surface area contributed by atoms with Crippen LogP contribution in [0.2, 0.25) is 0 Å². The summed E-state index contributed by atoms with van der Waals surface area (Å²) in [5.41, 5.74) is 1.21. The standard InChI is InChI=1S/C19H22N4O3/c1-20-19(24)18-21-17(26-22-18)13-23(10-11-25-2)12-15-8-5-7-14-6-3-4-9-16(14)15/h3-9H,10-13H2,1-2H3,(H,20,24). The van der Waals surface area contributed by atoms with Crippen molar-refractivity contribution < 1.29 is 14.1 Å². The fourth-order valence-electron chi connectivity index (χ4n) is 2.82. The van der Waals surface area contributed by atoms with Gasteiger partial charge in [-0.15, -0.1) is 0 Å². The van der Waals surface area contributed by atoms with Gasteiger partial charge in [0.15, 0.2) is 0 Å². The number of aromatic nitrogens is 2. The first kappa shape index (κ1) is 18.0. The fourth-order valence-corrected chi connectivity index (χ4v) is 2.82. The van der Waals surface area contributed by atoms with Gasteiger partial charge in [-0.1, -0.05) is 47.6 Å². The first-order valence-electron chi connectivity index (χ1n) is 8.44. The average molecular weight is 354 g/mol. The number of carbonyl (C=O) groups excluding carboxylic acids is 1. The van der Waals surface area contributed by atoms with Gasteiger partial charge in [0.05, 0.1) is 13.2 Å². The van der Waals surface area contributed by atoms with Gasteiger partial charge in [-0.3, -0.25) is 9.69 Å².